The van der Waals surface area contributed by atoms with Gasteiger partial charge in [-0.05, 0) is 13.0 Å². The molecule has 0 unspecified atom stereocenters. The number of nitrogens with zero attached hydrogens (tertiary/aromatic N) is 4. The van der Waals surface area contributed by atoms with Crippen LogP contribution in [0.25, 0.3) is 11.3 Å². The van der Waals surface area contributed by atoms with Gasteiger partial charge in [-0.1, -0.05) is 44.2 Å². The molecule has 3 rings (SSSR count). The molecule has 0 bridgehead atoms. The van der Waals surface area contributed by atoms with Gasteiger partial charge in [0.15, 0.2) is 0 Å². The van der Waals surface area contributed by atoms with Crippen LogP contribution in [0.15, 0.2) is 36.4 Å². The molecule has 0 amide bonds. The van der Waals surface area contributed by atoms with Crippen molar-refractivity contribution in [3.8, 4) is 11.3 Å². The fourth-order valence-electron chi connectivity index (χ4n) is 2.76. The SMILES string of the molecule is CC(C)CNc1nc(-c2ccccc2)cc(N2CCN(C)CC2)n1. The summed E-state index contributed by atoms with van der Waals surface area (Å²) in [6.07, 6.45) is 0. The number of likely N-dealkylation sites (N-methyl/N-ethyl adjacent to an activating group) is 1. The molecule has 1 saturated heterocycles. The highest BCUT2D eigenvalue weighted by molar-refractivity contribution is 5.64. The van der Waals surface area contributed by atoms with Crippen molar-refractivity contribution in [2.24, 2.45) is 5.92 Å². The van der Waals surface area contributed by atoms with Gasteiger partial charge in [-0.3, -0.25) is 0 Å². The lowest BCUT2D eigenvalue weighted by Crippen LogP contribution is -2.44. The molecule has 0 aliphatic carbocycles. The van der Waals surface area contributed by atoms with E-state index in [1.165, 1.54) is 0 Å². The predicted octanol–water partition coefficient (Wildman–Crippen LogP) is 2.96. The highest BCUT2D eigenvalue weighted by Gasteiger charge is 2.17. The van der Waals surface area contributed by atoms with E-state index in [1.807, 2.05) is 18.2 Å². The number of rotatable bonds is 5. The van der Waals surface area contributed by atoms with Gasteiger partial charge in [-0.2, -0.15) is 4.98 Å². The normalized spacial score (nSPS) is 15.8. The molecule has 1 fully saturated rings. The van der Waals surface area contributed by atoms with Gasteiger partial charge >= 0.3 is 0 Å². The second-order valence-corrected chi connectivity index (χ2v) is 6.87. The van der Waals surface area contributed by atoms with Crippen molar-refractivity contribution in [2.75, 3.05) is 50.0 Å². The van der Waals surface area contributed by atoms with Crippen molar-refractivity contribution in [1.29, 1.82) is 0 Å². The molecule has 1 aromatic carbocycles. The molecule has 1 aliphatic heterocycles. The third-order valence-corrected chi connectivity index (χ3v) is 4.28. The van der Waals surface area contributed by atoms with E-state index in [9.17, 15) is 0 Å². The first-order valence-corrected chi connectivity index (χ1v) is 8.73. The van der Waals surface area contributed by atoms with Crippen LogP contribution in [-0.4, -0.2) is 54.6 Å². The van der Waals surface area contributed by atoms with Crippen LogP contribution in [-0.2, 0) is 0 Å². The molecule has 0 radical (unpaired) electrons. The Morgan fingerprint density at radius 1 is 1.04 bits per heavy atom. The maximum atomic E-state index is 4.76. The number of anilines is 2. The molecule has 128 valence electrons. The Kier molecular flexibility index (Phi) is 5.30. The number of nitrogens with one attached hydrogen (secondary N) is 1. The molecule has 5 nitrogen and oxygen atoms in total. The first-order valence-electron chi connectivity index (χ1n) is 8.73. The van der Waals surface area contributed by atoms with Crippen LogP contribution < -0.4 is 10.2 Å². The maximum Gasteiger partial charge on any atom is 0.225 e. The topological polar surface area (TPSA) is 44.3 Å². The molecule has 0 spiro atoms. The van der Waals surface area contributed by atoms with Gasteiger partial charge in [-0.25, -0.2) is 4.98 Å². The Bertz CT molecular complexity index is 648. The van der Waals surface area contributed by atoms with Gasteiger partial charge in [0, 0.05) is 44.4 Å². The number of hydrogen-bond acceptors (Lipinski definition) is 5. The maximum absolute atomic E-state index is 4.76. The van der Waals surface area contributed by atoms with Gasteiger partial charge in [0.2, 0.25) is 5.95 Å². The molecule has 24 heavy (non-hydrogen) atoms. The summed E-state index contributed by atoms with van der Waals surface area (Å²) in [6.45, 7) is 9.40. The monoisotopic (exact) mass is 325 g/mol. The second-order valence-electron chi connectivity index (χ2n) is 6.87. The Labute approximate surface area is 144 Å². The largest absolute Gasteiger partial charge is 0.354 e. The van der Waals surface area contributed by atoms with E-state index in [0.29, 0.717) is 5.92 Å². The van der Waals surface area contributed by atoms with Crippen molar-refractivity contribution < 1.29 is 0 Å². The van der Waals surface area contributed by atoms with Crippen LogP contribution in [0.5, 0.6) is 0 Å². The van der Waals surface area contributed by atoms with Crippen molar-refractivity contribution in [3.05, 3.63) is 36.4 Å². The van der Waals surface area contributed by atoms with E-state index in [1.54, 1.807) is 0 Å². The summed E-state index contributed by atoms with van der Waals surface area (Å²) >= 11 is 0. The fourth-order valence-corrected chi connectivity index (χ4v) is 2.76. The third kappa shape index (κ3) is 4.23. The van der Waals surface area contributed by atoms with Crippen LogP contribution in [0, 0.1) is 5.92 Å². The van der Waals surface area contributed by atoms with Crippen LogP contribution >= 0.6 is 0 Å². The number of piperazine rings is 1. The van der Waals surface area contributed by atoms with E-state index in [2.05, 4.69) is 54.2 Å². The summed E-state index contributed by atoms with van der Waals surface area (Å²) in [6, 6.07) is 12.4. The van der Waals surface area contributed by atoms with Gasteiger partial charge in [-0.15, -0.1) is 0 Å². The molecular weight excluding hydrogens is 298 g/mol. The van der Waals surface area contributed by atoms with Crippen LogP contribution in [0.3, 0.4) is 0 Å². The molecule has 0 saturated carbocycles. The van der Waals surface area contributed by atoms with E-state index in [-0.39, 0.29) is 0 Å². The molecule has 0 atom stereocenters. The summed E-state index contributed by atoms with van der Waals surface area (Å²) < 4.78 is 0. The predicted molar refractivity (Wildman–Crippen MR) is 101 cm³/mol. The van der Waals surface area contributed by atoms with E-state index in [0.717, 1.165) is 55.7 Å². The van der Waals surface area contributed by atoms with Crippen molar-refractivity contribution in [3.63, 3.8) is 0 Å². The summed E-state index contributed by atoms with van der Waals surface area (Å²) in [5, 5.41) is 3.38. The lowest BCUT2D eigenvalue weighted by molar-refractivity contribution is 0.312. The van der Waals surface area contributed by atoms with Crippen molar-refractivity contribution >= 4 is 11.8 Å². The zero-order valence-corrected chi connectivity index (χ0v) is 14.9. The van der Waals surface area contributed by atoms with E-state index < -0.39 is 0 Å². The molecule has 5 heteroatoms. The van der Waals surface area contributed by atoms with Crippen LogP contribution in [0.4, 0.5) is 11.8 Å². The van der Waals surface area contributed by atoms with Gasteiger partial charge in [0.25, 0.3) is 0 Å². The van der Waals surface area contributed by atoms with E-state index in [4.69, 9.17) is 9.97 Å². The summed E-state index contributed by atoms with van der Waals surface area (Å²) in [5.74, 6) is 2.29. The highest BCUT2D eigenvalue weighted by atomic mass is 15.3. The zero-order chi connectivity index (χ0) is 16.9. The molecular formula is C19H27N5. The Balaban J connectivity index is 1.90. The lowest BCUT2D eigenvalue weighted by Gasteiger charge is -2.33. The standard InChI is InChI=1S/C19H27N5/c1-15(2)14-20-19-21-17(16-7-5-4-6-8-16)13-18(22-19)24-11-9-23(3)10-12-24/h4-8,13,15H,9-12,14H2,1-3H3,(H,20,21,22). The molecule has 1 aromatic heterocycles. The summed E-state index contributed by atoms with van der Waals surface area (Å²) in [5.41, 5.74) is 2.11. The van der Waals surface area contributed by atoms with Gasteiger partial charge in [0.1, 0.15) is 5.82 Å². The van der Waals surface area contributed by atoms with Gasteiger partial charge < -0.3 is 15.1 Å². The highest BCUT2D eigenvalue weighted by Crippen LogP contribution is 2.24. The Morgan fingerprint density at radius 2 is 1.75 bits per heavy atom. The molecule has 2 aromatic rings. The molecule has 1 N–H and O–H groups in total. The van der Waals surface area contributed by atoms with Crippen molar-refractivity contribution in [2.45, 2.75) is 13.8 Å². The smallest absolute Gasteiger partial charge is 0.225 e. The van der Waals surface area contributed by atoms with Crippen LogP contribution in [0.1, 0.15) is 13.8 Å². The lowest BCUT2D eigenvalue weighted by atomic mass is 10.1. The number of benzene rings is 1. The molecule has 1 aliphatic rings. The number of aromatic nitrogens is 2. The summed E-state index contributed by atoms with van der Waals surface area (Å²) in [7, 11) is 2.17. The average molecular weight is 325 g/mol. The first-order chi connectivity index (χ1) is 11.6. The minimum atomic E-state index is 0.557. The Hall–Kier alpha value is -2.14. The molecule has 2 heterocycles. The quantitative estimate of drug-likeness (QED) is 0.915. The minimum absolute atomic E-state index is 0.557. The third-order valence-electron chi connectivity index (χ3n) is 4.28. The zero-order valence-electron chi connectivity index (χ0n) is 14.9. The second kappa shape index (κ2) is 7.62. The minimum Gasteiger partial charge on any atom is -0.354 e. The van der Waals surface area contributed by atoms with E-state index >= 15 is 0 Å². The fraction of sp³-hybridized carbons (Fsp3) is 0.474. The number of hydrogen-bond donors (Lipinski definition) is 1. The Morgan fingerprint density at radius 3 is 2.42 bits per heavy atom. The van der Waals surface area contributed by atoms with Gasteiger partial charge in [0.05, 0.1) is 5.69 Å². The average Bonchev–Trinajstić information content (AvgIpc) is 2.61. The van der Waals surface area contributed by atoms with Crippen molar-refractivity contribution in [1.82, 2.24) is 14.9 Å². The first kappa shape index (κ1) is 16.7. The summed E-state index contributed by atoms with van der Waals surface area (Å²) in [4.78, 5) is 14.2. The van der Waals surface area contributed by atoms with Crippen LogP contribution in [0.2, 0.25) is 0 Å².